The van der Waals surface area contributed by atoms with E-state index in [1.54, 1.807) is 6.92 Å². The Kier molecular flexibility index (Phi) is 11.4. The number of rotatable bonds is 11. The van der Waals surface area contributed by atoms with Gasteiger partial charge in [-0.15, -0.1) is 0 Å². The molecule has 0 spiro atoms. The number of carbonyl (C=O) groups excluding carboxylic acids is 1. The third kappa shape index (κ3) is 9.09. The molecule has 0 saturated heterocycles. The van der Waals surface area contributed by atoms with Crippen LogP contribution in [0.3, 0.4) is 0 Å². The summed E-state index contributed by atoms with van der Waals surface area (Å²) >= 11 is 0. The largest absolute Gasteiger partial charge is 0.465 e. The van der Waals surface area contributed by atoms with Gasteiger partial charge >= 0.3 is 5.97 Å². The molecule has 0 aliphatic rings. The highest BCUT2D eigenvalue weighted by atomic mass is 16.5. The highest BCUT2D eigenvalue weighted by Crippen LogP contribution is 1.92. The van der Waals surface area contributed by atoms with Gasteiger partial charge in [0.2, 0.25) is 0 Å². The Bertz CT molecular complexity index is 187. The van der Waals surface area contributed by atoms with Crippen molar-refractivity contribution in [2.24, 2.45) is 0 Å². The van der Waals surface area contributed by atoms with E-state index in [9.17, 15) is 4.79 Å². The summed E-state index contributed by atoms with van der Waals surface area (Å²) in [5.74, 6) is -0.260. The number of nitrogens with one attached hydrogen (secondary N) is 1. The molecule has 5 nitrogen and oxygen atoms in total. The van der Waals surface area contributed by atoms with Crippen LogP contribution >= 0.6 is 0 Å². The van der Waals surface area contributed by atoms with Gasteiger partial charge in [0.1, 0.15) is 6.04 Å². The molecular formula is C12H25NO4. The first kappa shape index (κ1) is 16.4. The van der Waals surface area contributed by atoms with Gasteiger partial charge in [0.25, 0.3) is 0 Å². The third-order valence-corrected chi connectivity index (χ3v) is 2.03. The standard InChI is InChI=1S/C12H25NO4/c1-4-7-15-8-9-16-10-11(13-5-2)12(14)17-6-3/h11,13H,4-10H2,1-3H3. The van der Waals surface area contributed by atoms with Crippen molar-refractivity contribution in [2.75, 3.05) is 39.6 Å². The zero-order chi connectivity index (χ0) is 12.9. The number of ether oxygens (including phenoxy) is 3. The Morgan fingerprint density at radius 2 is 1.82 bits per heavy atom. The lowest BCUT2D eigenvalue weighted by Gasteiger charge is -2.16. The van der Waals surface area contributed by atoms with E-state index in [1.807, 2.05) is 6.92 Å². The average molecular weight is 247 g/mol. The molecule has 0 aromatic heterocycles. The molecule has 0 fully saturated rings. The molecule has 0 heterocycles. The first-order valence-electron chi connectivity index (χ1n) is 6.31. The molecule has 0 amide bonds. The minimum absolute atomic E-state index is 0.260. The fourth-order valence-corrected chi connectivity index (χ4v) is 1.26. The molecule has 0 bridgehead atoms. The molecule has 0 saturated carbocycles. The molecular weight excluding hydrogens is 222 g/mol. The molecule has 5 heteroatoms. The first-order chi connectivity index (χ1) is 8.26. The smallest absolute Gasteiger partial charge is 0.325 e. The molecule has 1 atom stereocenters. The maximum absolute atomic E-state index is 11.5. The van der Waals surface area contributed by atoms with Gasteiger partial charge in [0.05, 0.1) is 26.4 Å². The van der Waals surface area contributed by atoms with Crippen LogP contribution in [0.5, 0.6) is 0 Å². The second-order valence-electron chi connectivity index (χ2n) is 3.55. The van der Waals surface area contributed by atoms with Crippen molar-refractivity contribution >= 4 is 5.97 Å². The van der Waals surface area contributed by atoms with Crippen molar-refractivity contribution in [3.8, 4) is 0 Å². The summed E-state index contributed by atoms with van der Waals surface area (Å²) in [6.07, 6.45) is 1.00. The van der Waals surface area contributed by atoms with Crippen molar-refractivity contribution in [1.29, 1.82) is 0 Å². The average Bonchev–Trinajstić information content (AvgIpc) is 2.32. The summed E-state index contributed by atoms with van der Waals surface area (Å²) in [5, 5.41) is 3.03. The van der Waals surface area contributed by atoms with Crippen molar-refractivity contribution in [3.63, 3.8) is 0 Å². The number of likely N-dealkylation sites (N-methyl/N-ethyl adjacent to an activating group) is 1. The predicted molar refractivity (Wildman–Crippen MR) is 66.0 cm³/mol. The Labute approximate surface area is 104 Å². The van der Waals surface area contributed by atoms with E-state index in [1.165, 1.54) is 0 Å². The van der Waals surface area contributed by atoms with Crippen molar-refractivity contribution in [3.05, 3.63) is 0 Å². The van der Waals surface area contributed by atoms with E-state index in [-0.39, 0.29) is 12.0 Å². The van der Waals surface area contributed by atoms with Gasteiger partial charge in [-0.1, -0.05) is 13.8 Å². The van der Waals surface area contributed by atoms with E-state index >= 15 is 0 Å². The molecule has 102 valence electrons. The van der Waals surface area contributed by atoms with E-state index in [0.29, 0.717) is 33.0 Å². The van der Waals surface area contributed by atoms with Gasteiger partial charge in [0, 0.05) is 6.61 Å². The highest BCUT2D eigenvalue weighted by molar-refractivity contribution is 5.75. The maximum Gasteiger partial charge on any atom is 0.325 e. The van der Waals surface area contributed by atoms with Crippen LogP contribution in [0.25, 0.3) is 0 Å². The lowest BCUT2D eigenvalue weighted by molar-refractivity contribution is -0.147. The van der Waals surface area contributed by atoms with Crippen LogP contribution in [-0.2, 0) is 19.0 Å². The topological polar surface area (TPSA) is 56.8 Å². The van der Waals surface area contributed by atoms with Gasteiger partial charge in [0.15, 0.2) is 0 Å². The number of esters is 1. The molecule has 0 aliphatic carbocycles. The zero-order valence-electron chi connectivity index (χ0n) is 11.2. The highest BCUT2D eigenvalue weighted by Gasteiger charge is 2.18. The van der Waals surface area contributed by atoms with Crippen LogP contribution in [0.1, 0.15) is 27.2 Å². The first-order valence-corrected chi connectivity index (χ1v) is 6.31. The summed E-state index contributed by atoms with van der Waals surface area (Å²) in [5.41, 5.74) is 0. The summed E-state index contributed by atoms with van der Waals surface area (Å²) < 4.78 is 15.6. The lowest BCUT2D eigenvalue weighted by Crippen LogP contribution is -2.41. The summed E-state index contributed by atoms with van der Waals surface area (Å²) in [7, 11) is 0. The normalized spacial score (nSPS) is 12.4. The zero-order valence-corrected chi connectivity index (χ0v) is 11.2. The Hall–Kier alpha value is -0.650. The third-order valence-electron chi connectivity index (χ3n) is 2.03. The number of hydrogen-bond acceptors (Lipinski definition) is 5. The van der Waals surface area contributed by atoms with Crippen LogP contribution in [-0.4, -0.2) is 51.6 Å². The minimum Gasteiger partial charge on any atom is -0.465 e. The lowest BCUT2D eigenvalue weighted by atomic mass is 10.3. The molecule has 1 unspecified atom stereocenters. The van der Waals surface area contributed by atoms with Crippen molar-refractivity contribution < 1.29 is 19.0 Å². The van der Waals surface area contributed by atoms with Crippen molar-refractivity contribution in [2.45, 2.75) is 33.2 Å². The van der Waals surface area contributed by atoms with Gasteiger partial charge < -0.3 is 19.5 Å². The van der Waals surface area contributed by atoms with E-state index in [0.717, 1.165) is 13.0 Å². The van der Waals surface area contributed by atoms with Crippen LogP contribution in [0.2, 0.25) is 0 Å². The molecule has 0 radical (unpaired) electrons. The fraction of sp³-hybridized carbons (Fsp3) is 0.917. The molecule has 0 aromatic rings. The monoisotopic (exact) mass is 247 g/mol. The predicted octanol–water partition coefficient (Wildman–Crippen LogP) is 0.971. The van der Waals surface area contributed by atoms with Gasteiger partial charge in [-0.3, -0.25) is 4.79 Å². The summed E-state index contributed by atoms with van der Waals surface area (Å²) in [6.45, 7) is 9.02. The van der Waals surface area contributed by atoms with Crippen molar-refractivity contribution in [1.82, 2.24) is 5.32 Å². The molecule has 1 N–H and O–H groups in total. The number of carbonyl (C=O) groups is 1. The van der Waals surface area contributed by atoms with E-state index in [4.69, 9.17) is 14.2 Å². The van der Waals surface area contributed by atoms with Crippen LogP contribution in [0.15, 0.2) is 0 Å². The molecule has 17 heavy (non-hydrogen) atoms. The second-order valence-corrected chi connectivity index (χ2v) is 3.55. The minimum atomic E-state index is -0.383. The quantitative estimate of drug-likeness (QED) is 0.435. The van der Waals surface area contributed by atoms with E-state index in [2.05, 4.69) is 12.2 Å². The van der Waals surface area contributed by atoms with Crippen LogP contribution < -0.4 is 5.32 Å². The fourth-order valence-electron chi connectivity index (χ4n) is 1.26. The second kappa shape index (κ2) is 11.8. The van der Waals surface area contributed by atoms with Gasteiger partial charge in [-0.25, -0.2) is 0 Å². The maximum atomic E-state index is 11.5. The van der Waals surface area contributed by atoms with Crippen LogP contribution in [0, 0.1) is 0 Å². The molecule has 0 aliphatic heterocycles. The van der Waals surface area contributed by atoms with E-state index < -0.39 is 0 Å². The summed E-state index contributed by atoms with van der Waals surface area (Å²) in [4.78, 5) is 11.5. The SMILES string of the molecule is CCCOCCOCC(NCC)C(=O)OCC. The number of hydrogen-bond donors (Lipinski definition) is 1. The Morgan fingerprint density at radius 3 is 2.41 bits per heavy atom. The van der Waals surface area contributed by atoms with Gasteiger partial charge in [-0.2, -0.15) is 0 Å². The van der Waals surface area contributed by atoms with Crippen LogP contribution in [0.4, 0.5) is 0 Å². The summed E-state index contributed by atoms with van der Waals surface area (Å²) in [6, 6.07) is -0.383. The molecule has 0 rings (SSSR count). The Morgan fingerprint density at radius 1 is 1.12 bits per heavy atom. The Balaban J connectivity index is 3.65. The molecule has 0 aromatic carbocycles. The van der Waals surface area contributed by atoms with Gasteiger partial charge in [-0.05, 0) is 19.9 Å².